The Labute approximate surface area is 325 Å². The summed E-state index contributed by atoms with van der Waals surface area (Å²) in [4.78, 5) is 15.8. The molecule has 0 saturated heterocycles. The highest BCUT2D eigenvalue weighted by atomic mass is 15.2. The molecule has 10 aromatic rings. The van der Waals surface area contributed by atoms with Crippen LogP contribution in [0.1, 0.15) is 51.7 Å². The molecule has 0 unspecified atom stereocenters. The standard InChI is InChI=1S/C51H41N5/c1-50(2)27-28-51(3,4)42-31-44-40(30-41(42)50)39-26-25-38-37-21-13-14-22-43(37)56(46(38)45(39)55(44)36-19-9-6-10-20-36)49-53-47(33-16-7-5-8-17-33)52-48(54-49)35-24-23-32-15-11-12-18-34(32)29-35/h5-26,29-31H,27-28H2,1-4H3. The Balaban J connectivity index is 1.30. The molecule has 11 rings (SSSR count). The number of para-hydroxylation sites is 2. The number of hydrogen-bond donors (Lipinski definition) is 0. The van der Waals surface area contributed by atoms with Crippen LogP contribution in [0.5, 0.6) is 0 Å². The van der Waals surface area contributed by atoms with Gasteiger partial charge in [-0.05, 0) is 82.0 Å². The minimum Gasteiger partial charge on any atom is -0.307 e. The van der Waals surface area contributed by atoms with E-state index in [4.69, 9.17) is 15.0 Å². The van der Waals surface area contributed by atoms with Gasteiger partial charge in [-0.3, -0.25) is 4.57 Å². The monoisotopic (exact) mass is 723 g/mol. The molecule has 0 N–H and O–H groups in total. The van der Waals surface area contributed by atoms with Gasteiger partial charge in [0.2, 0.25) is 5.95 Å². The van der Waals surface area contributed by atoms with Gasteiger partial charge in [-0.1, -0.05) is 143 Å². The van der Waals surface area contributed by atoms with Crippen molar-refractivity contribution in [2.75, 3.05) is 0 Å². The van der Waals surface area contributed by atoms with Gasteiger partial charge >= 0.3 is 0 Å². The summed E-state index contributed by atoms with van der Waals surface area (Å²) in [6, 6.07) is 54.3. The molecule has 0 spiro atoms. The predicted molar refractivity (Wildman–Crippen MR) is 232 cm³/mol. The molecule has 3 heterocycles. The normalized spacial score (nSPS) is 14.9. The summed E-state index contributed by atoms with van der Waals surface area (Å²) >= 11 is 0. The second kappa shape index (κ2) is 12.0. The summed E-state index contributed by atoms with van der Waals surface area (Å²) in [5.41, 5.74) is 10.6. The molecule has 0 amide bonds. The number of benzene rings is 7. The smallest absolute Gasteiger partial charge is 0.238 e. The van der Waals surface area contributed by atoms with Gasteiger partial charge < -0.3 is 4.57 Å². The topological polar surface area (TPSA) is 48.5 Å². The van der Waals surface area contributed by atoms with Crippen molar-refractivity contribution in [3.05, 3.63) is 163 Å². The van der Waals surface area contributed by atoms with Crippen LogP contribution < -0.4 is 0 Å². The highest BCUT2D eigenvalue weighted by molar-refractivity contribution is 6.24. The van der Waals surface area contributed by atoms with Crippen LogP contribution in [0.2, 0.25) is 0 Å². The van der Waals surface area contributed by atoms with Crippen molar-refractivity contribution >= 4 is 54.4 Å². The minimum atomic E-state index is 0.0686. The van der Waals surface area contributed by atoms with Crippen molar-refractivity contribution in [2.45, 2.75) is 51.4 Å². The molecular formula is C51H41N5. The van der Waals surface area contributed by atoms with Gasteiger partial charge in [-0.15, -0.1) is 0 Å². The molecule has 56 heavy (non-hydrogen) atoms. The summed E-state index contributed by atoms with van der Waals surface area (Å²) in [5.74, 6) is 1.86. The maximum atomic E-state index is 5.37. The van der Waals surface area contributed by atoms with Crippen molar-refractivity contribution < 1.29 is 0 Å². The average Bonchev–Trinajstić information content (AvgIpc) is 3.75. The van der Waals surface area contributed by atoms with Crippen molar-refractivity contribution in [3.63, 3.8) is 0 Å². The number of aromatic nitrogens is 5. The zero-order chi connectivity index (χ0) is 37.8. The molecule has 0 atom stereocenters. The fourth-order valence-corrected chi connectivity index (χ4v) is 9.30. The third-order valence-electron chi connectivity index (χ3n) is 12.4. The number of hydrogen-bond acceptors (Lipinski definition) is 3. The lowest BCUT2D eigenvalue weighted by Crippen LogP contribution is -2.33. The summed E-state index contributed by atoms with van der Waals surface area (Å²) in [7, 11) is 0. The number of fused-ring (bicyclic) bond motifs is 9. The van der Waals surface area contributed by atoms with Crippen molar-refractivity contribution in [1.29, 1.82) is 0 Å². The maximum Gasteiger partial charge on any atom is 0.238 e. The van der Waals surface area contributed by atoms with Crippen molar-refractivity contribution in [2.24, 2.45) is 0 Å². The van der Waals surface area contributed by atoms with Gasteiger partial charge in [0, 0.05) is 38.4 Å². The van der Waals surface area contributed by atoms with Crippen LogP contribution in [0.4, 0.5) is 0 Å². The molecule has 1 aliphatic rings. The Morgan fingerprint density at radius 3 is 1.77 bits per heavy atom. The van der Waals surface area contributed by atoms with Gasteiger partial charge in [-0.25, -0.2) is 4.98 Å². The lowest BCUT2D eigenvalue weighted by molar-refractivity contribution is 0.332. The van der Waals surface area contributed by atoms with Crippen LogP contribution in [0.25, 0.3) is 88.8 Å². The molecule has 3 aromatic heterocycles. The van der Waals surface area contributed by atoms with Crippen LogP contribution >= 0.6 is 0 Å². The van der Waals surface area contributed by atoms with E-state index in [2.05, 4.69) is 170 Å². The fraction of sp³-hybridized carbons (Fsp3) is 0.157. The maximum absolute atomic E-state index is 5.37. The Hall–Kier alpha value is -6.59. The van der Waals surface area contributed by atoms with Crippen molar-refractivity contribution in [3.8, 4) is 34.4 Å². The molecule has 5 nitrogen and oxygen atoms in total. The third kappa shape index (κ3) is 4.90. The molecule has 7 aromatic carbocycles. The van der Waals surface area contributed by atoms with Gasteiger partial charge in [0.25, 0.3) is 0 Å². The summed E-state index contributed by atoms with van der Waals surface area (Å²) in [6.07, 6.45) is 2.32. The first-order valence-corrected chi connectivity index (χ1v) is 19.7. The first kappa shape index (κ1) is 32.8. The first-order chi connectivity index (χ1) is 27.2. The zero-order valence-corrected chi connectivity index (χ0v) is 32.1. The second-order valence-corrected chi connectivity index (χ2v) is 16.8. The van der Waals surface area contributed by atoms with Crippen LogP contribution in [-0.2, 0) is 10.8 Å². The SMILES string of the molecule is CC1(C)CCC(C)(C)c2cc3c(cc21)c1ccc2c4ccccc4n(-c4nc(-c5ccccc5)nc(-c5ccc6ccccc6c5)n4)c2c1n3-c1ccccc1. The van der Waals surface area contributed by atoms with Gasteiger partial charge in [0.1, 0.15) is 0 Å². The zero-order valence-electron chi connectivity index (χ0n) is 32.1. The molecule has 1 aliphatic carbocycles. The van der Waals surface area contributed by atoms with E-state index in [0.717, 1.165) is 62.4 Å². The van der Waals surface area contributed by atoms with Crippen LogP contribution in [-0.4, -0.2) is 24.1 Å². The van der Waals surface area contributed by atoms with E-state index < -0.39 is 0 Å². The largest absolute Gasteiger partial charge is 0.307 e. The Morgan fingerprint density at radius 2 is 1.02 bits per heavy atom. The molecule has 0 fully saturated rings. The molecule has 0 radical (unpaired) electrons. The van der Waals surface area contributed by atoms with E-state index >= 15 is 0 Å². The Bertz CT molecular complexity index is 3190. The molecule has 0 aliphatic heterocycles. The van der Waals surface area contributed by atoms with Gasteiger partial charge in [0.15, 0.2) is 11.6 Å². The van der Waals surface area contributed by atoms with Crippen LogP contribution in [0.15, 0.2) is 152 Å². The van der Waals surface area contributed by atoms with E-state index in [9.17, 15) is 0 Å². The molecule has 270 valence electrons. The third-order valence-corrected chi connectivity index (χ3v) is 12.4. The molecule has 0 bridgehead atoms. The Morgan fingerprint density at radius 1 is 0.429 bits per heavy atom. The van der Waals surface area contributed by atoms with E-state index in [-0.39, 0.29) is 10.8 Å². The lowest BCUT2D eigenvalue weighted by atomic mass is 9.63. The summed E-state index contributed by atoms with van der Waals surface area (Å²) < 4.78 is 4.78. The number of nitrogens with zero attached hydrogens (tertiary/aromatic N) is 5. The van der Waals surface area contributed by atoms with Crippen LogP contribution in [0.3, 0.4) is 0 Å². The van der Waals surface area contributed by atoms with E-state index in [0.29, 0.717) is 17.6 Å². The second-order valence-electron chi connectivity index (χ2n) is 16.8. The fourth-order valence-electron chi connectivity index (χ4n) is 9.30. The minimum absolute atomic E-state index is 0.0686. The van der Waals surface area contributed by atoms with E-state index in [1.165, 1.54) is 32.8 Å². The lowest BCUT2D eigenvalue weighted by Gasteiger charge is -2.42. The molecular weight excluding hydrogens is 683 g/mol. The average molecular weight is 724 g/mol. The predicted octanol–water partition coefficient (Wildman–Crippen LogP) is 12.9. The van der Waals surface area contributed by atoms with Gasteiger partial charge in [0.05, 0.1) is 22.1 Å². The van der Waals surface area contributed by atoms with E-state index in [1.807, 2.05) is 18.2 Å². The van der Waals surface area contributed by atoms with E-state index in [1.54, 1.807) is 0 Å². The van der Waals surface area contributed by atoms with Crippen molar-refractivity contribution in [1.82, 2.24) is 24.1 Å². The Kier molecular flexibility index (Phi) is 7.00. The number of rotatable bonds is 4. The first-order valence-electron chi connectivity index (χ1n) is 19.7. The quantitative estimate of drug-likeness (QED) is 0.182. The molecule has 0 saturated carbocycles. The highest BCUT2D eigenvalue weighted by Gasteiger charge is 2.38. The molecule has 5 heteroatoms. The van der Waals surface area contributed by atoms with Gasteiger partial charge in [-0.2, -0.15) is 9.97 Å². The summed E-state index contributed by atoms with van der Waals surface area (Å²) in [6.45, 7) is 9.66. The van der Waals surface area contributed by atoms with Crippen LogP contribution in [0, 0.1) is 0 Å². The summed E-state index contributed by atoms with van der Waals surface area (Å²) in [5, 5.41) is 7.13. The highest BCUT2D eigenvalue weighted by Crippen LogP contribution is 2.49.